The molecular weight excluding hydrogens is 354 g/mol. The highest BCUT2D eigenvalue weighted by molar-refractivity contribution is 5.90. The molecule has 1 aromatic heterocycles. The highest BCUT2D eigenvalue weighted by atomic mass is 16.6. The molecule has 0 saturated carbocycles. The molecule has 1 aromatic carbocycles. The van der Waals surface area contributed by atoms with Crippen LogP contribution in [0.3, 0.4) is 0 Å². The predicted octanol–water partition coefficient (Wildman–Crippen LogP) is 3.29. The monoisotopic (exact) mass is 383 g/mol. The average Bonchev–Trinajstić information content (AvgIpc) is 3.03. The van der Waals surface area contributed by atoms with Gasteiger partial charge < -0.3 is 19.4 Å². The van der Waals surface area contributed by atoms with Gasteiger partial charge in [0.25, 0.3) is 0 Å². The molecular formula is C21H29N5O2. The number of amides is 1. The number of anilines is 2. The second kappa shape index (κ2) is 8.63. The molecule has 2 fully saturated rings. The van der Waals surface area contributed by atoms with E-state index in [0.29, 0.717) is 19.7 Å². The van der Waals surface area contributed by atoms with Crippen LogP contribution in [-0.4, -0.2) is 66.8 Å². The average molecular weight is 383 g/mol. The van der Waals surface area contributed by atoms with E-state index in [0.717, 1.165) is 48.8 Å². The van der Waals surface area contributed by atoms with Crippen molar-refractivity contribution in [1.82, 2.24) is 14.9 Å². The zero-order valence-corrected chi connectivity index (χ0v) is 16.6. The fraction of sp³-hybridized carbons (Fsp3) is 0.571. The van der Waals surface area contributed by atoms with Crippen LogP contribution in [0.2, 0.25) is 0 Å². The molecule has 0 N–H and O–H groups in total. The van der Waals surface area contributed by atoms with Gasteiger partial charge in [0.2, 0.25) is 5.95 Å². The van der Waals surface area contributed by atoms with Gasteiger partial charge in [-0.15, -0.1) is 0 Å². The lowest BCUT2D eigenvalue weighted by molar-refractivity contribution is 0.105. The minimum atomic E-state index is -0.230. The topological polar surface area (TPSA) is 61.8 Å². The molecule has 2 aliphatic rings. The van der Waals surface area contributed by atoms with Gasteiger partial charge in [-0.05, 0) is 31.9 Å². The zero-order chi connectivity index (χ0) is 19.3. The minimum absolute atomic E-state index is 0.230. The molecule has 150 valence electrons. The maximum Gasteiger partial charge on any atom is 0.409 e. The number of fused-ring (bicyclic) bond motifs is 1. The van der Waals surface area contributed by atoms with Crippen LogP contribution in [0.25, 0.3) is 10.9 Å². The molecule has 4 rings (SSSR count). The van der Waals surface area contributed by atoms with Crippen molar-refractivity contribution in [2.75, 3.05) is 55.7 Å². The van der Waals surface area contributed by atoms with Crippen molar-refractivity contribution >= 4 is 28.8 Å². The van der Waals surface area contributed by atoms with Crippen LogP contribution in [-0.2, 0) is 4.74 Å². The highest BCUT2D eigenvalue weighted by Crippen LogP contribution is 2.28. The molecule has 0 atom stereocenters. The maximum absolute atomic E-state index is 12.0. The third kappa shape index (κ3) is 3.98. The van der Waals surface area contributed by atoms with Crippen molar-refractivity contribution < 1.29 is 9.53 Å². The first kappa shape index (κ1) is 18.8. The van der Waals surface area contributed by atoms with E-state index in [1.807, 2.05) is 13.0 Å². The number of nitrogens with zero attached hydrogens (tertiary/aromatic N) is 5. The van der Waals surface area contributed by atoms with Crippen LogP contribution in [0, 0.1) is 0 Å². The van der Waals surface area contributed by atoms with Crippen LogP contribution in [0.5, 0.6) is 0 Å². The Hall–Kier alpha value is -2.57. The number of hydrogen-bond donors (Lipinski definition) is 0. The van der Waals surface area contributed by atoms with Crippen LogP contribution >= 0.6 is 0 Å². The summed E-state index contributed by atoms with van der Waals surface area (Å²) in [5, 5.41) is 1.12. The largest absolute Gasteiger partial charge is 0.450 e. The van der Waals surface area contributed by atoms with Gasteiger partial charge >= 0.3 is 6.09 Å². The number of piperazine rings is 1. The number of benzene rings is 1. The van der Waals surface area contributed by atoms with Gasteiger partial charge in [0.15, 0.2) is 0 Å². The second-order valence-corrected chi connectivity index (χ2v) is 7.44. The molecule has 0 aliphatic carbocycles. The van der Waals surface area contributed by atoms with E-state index >= 15 is 0 Å². The first-order valence-corrected chi connectivity index (χ1v) is 10.4. The highest BCUT2D eigenvalue weighted by Gasteiger charge is 2.25. The Kier molecular flexibility index (Phi) is 5.78. The third-order valence-electron chi connectivity index (χ3n) is 5.57. The lowest BCUT2D eigenvalue weighted by atomic mass is 10.2. The SMILES string of the molecule is CCOC(=O)N1CCN(c2nc(N3CCCCCC3)c3ccccc3n2)CC1. The molecule has 0 radical (unpaired) electrons. The number of rotatable bonds is 3. The fourth-order valence-electron chi connectivity index (χ4n) is 4.02. The van der Waals surface area contributed by atoms with Crippen molar-refractivity contribution in [3.05, 3.63) is 24.3 Å². The summed E-state index contributed by atoms with van der Waals surface area (Å²) in [6, 6.07) is 8.28. The molecule has 2 saturated heterocycles. The number of aromatic nitrogens is 2. The van der Waals surface area contributed by atoms with Crippen molar-refractivity contribution in [2.24, 2.45) is 0 Å². The van der Waals surface area contributed by atoms with E-state index in [1.165, 1.54) is 25.7 Å². The molecule has 3 heterocycles. The van der Waals surface area contributed by atoms with Crippen LogP contribution < -0.4 is 9.80 Å². The first-order valence-electron chi connectivity index (χ1n) is 10.4. The van der Waals surface area contributed by atoms with Crippen LogP contribution in [0.4, 0.5) is 16.6 Å². The standard InChI is InChI=1S/C21H29N5O2/c1-2-28-21(27)26-15-13-25(14-16-26)20-22-18-10-6-5-9-17(18)19(23-20)24-11-7-3-4-8-12-24/h5-6,9-10H,2-4,7-8,11-16H2,1H3. The first-order chi connectivity index (χ1) is 13.8. The Morgan fingerprint density at radius 2 is 1.64 bits per heavy atom. The van der Waals surface area contributed by atoms with E-state index in [2.05, 4.69) is 28.0 Å². The van der Waals surface area contributed by atoms with E-state index in [9.17, 15) is 4.79 Å². The van der Waals surface area contributed by atoms with E-state index < -0.39 is 0 Å². The lowest BCUT2D eigenvalue weighted by Crippen LogP contribution is -2.49. The fourth-order valence-corrected chi connectivity index (χ4v) is 4.02. The van der Waals surface area contributed by atoms with Crippen molar-refractivity contribution in [1.29, 1.82) is 0 Å². The van der Waals surface area contributed by atoms with Gasteiger partial charge in [0.1, 0.15) is 5.82 Å². The summed E-state index contributed by atoms with van der Waals surface area (Å²) < 4.78 is 5.12. The van der Waals surface area contributed by atoms with E-state index in [-0.39, 0.29) is 6.09 Å². The maximum atomic E-state index is 12.0. The van der Waals surface area contributed by atoms with Crippen molar-refractivity contribution in [3.8, 4) is 0 Å². The van der Waals surface area contributed by atoms with Crippen molar-refractivity contribution in [3.63, 3.8) is 0 Å². The smallest absolute Gasteiger partial charge is 0.409 e. The molecule has 7 heteroatoms. The summed E-state index contributed by atoms with van der Waals surface area (Å²) in [6.45, 7) is 7.05. The summed E-state index contributed by atoms with van der Waals surface area (Å²) in [5.74, 6) is 1.82. The third-order valence-corrected chi connectivity index (χ3v) is 5.57. The molecule has 1 amide bonds. The Labute approximate surface area is 166 Å². The zero-order valence-electron chi connectivity index (χ0n) is 16.6. The van der Waals surface area contributed by atoms with E-state index in [1.54, 1.807) is 4.90 Å². The van der Waals surface area contributed by atoms with Gasteiger partial charge in [-0.25, -0.2) is 9.78 Å². The molecule has 28 heavy (non-hydrogen) atoms. The second-order valence-electron chi connectivity index (χ2n) is 7.44. The molecule has 2 aromatic rings. The van der Waals surface area contributed by atoms with Crippen molar-refractivity contribution in [2.45, 2.75) is 32.6 Å². The molecule has 0 spiro atoms. The van der Waals surface area contributed by atoms with Gasteiger partial charge in [-0.2, -0.15) is 4.98 Å². The lowest BCUT2D eigenvalue weighted by Gasteiger charge is -2.34. The van der Waals surface area contributed by atoms with Crippen LogP contribution in [0.1, 0.15) is 32.6 Å². The van der Waals surface area contributed by atoms with Gasteiger partial charge in [-0.1, -0.05) is 25.0 Å². The number of carbonyl (C=O) groups is 1. The molecule has 2 aliphatic heterocycles. The summed E-state index contributed by atoms with van der Waals surface area (Å²) in [6.07, 6.45) is 4.79. The summed E-state index contributed by atoms with van der Waals surface area (Å²) in [4.78, 5) is 28.2. The molecule has 0 unspecified atom stereocenters. The normalized spacial score (nSPS) is 18.2. The summed E-state index contributed by atoms with van der Waals surface area (Å²) in [7, 11) is 0. The predicted molar refractivity (Wildman–Crippen MR) is 111 cm³/mol. The quantitative estimate of drug-likeness (QED) is 0.811. The number of carbonyl (C=O) groups excluding carboxylic acids is 1. The summed E-state index contributed by atoms with van der Waals surface area (Å²) in [5.41, 5.74) is 0.986. The number of hydrogen-bond acceptors (Lipinski definition) is 6. The Morgan fingerprint density at radius 1 is 0.929 bits per heavy atom. The number of ether oxygens (including phenoxy) is 1. The Balaban J connectivity index is 1.59. The van der Waals surface area contributed by atoms with Gasteiger partial charge in [0.05, 0.1) is 12.1 Å². The van der Waals surface area contributed by atoms with Gasteiger partial charge in [-0.3, -0.25) is 0 Å². The Morgan fingerprint density at radius 3 is 2.36 bits per heavy atom. The van der Waals surface area contributed by atoms with Crippen LogP contribution in [0.15, 0.2) is 24.3 Å². The Bertz CT molecular complexity index is 812. The summed E-state index contributed by atoms with van der Waals surface area (Å²) >= 11 is 0. The molecule has 0 bridgehead atoms. The minimum Gasteiger partial charge on any atom is -0.450 e. The van der Waals surface area contributed by atoms with Gasteiger partial charge in [0, 0.05) is 44.7 Å². The number of para-hydroxylation sites is 1. The molecule has 7 nitrogen and oxygen atoms in total. The van der Waals surface area contributed by atoms with E-state index in [4.69, 9.17) is 14.7 Å².